The monoisotopic (exact) mass is 464 g/mol. The van der Waals surface area contributed by atoms with Gasteiger partial charge in [0, 0.05) is 42.2 Å². The number of nitrogens with one attached hydrogen (secondary N) is 2. The van der Waals surface area contributed by atoms with E-state index in [0.717, 1.165) is 29.6 Å². The molecule has 8 nitrogen and oxygen atoms in total. The Hall–Kier alpha value is -3.66. The summed E-state index contributed by atoms with van der Waals surface area (Å²) in [6, 6.07) is 6.25. The van der Waals surface area contributed by atoms with Crippen molar-refractivity contribution in [1.29, 1.82) is 0 Å². The minimum absolute atomic E-state index is 0.278. The Kier molecular flexibility index (Phi) is 5.16. The van der Waals surface area contributed by atoms with E-state index in [1.807, 2.05) is 20.0 Å². The first-order chi connectivity index (χ1) is 15.8. The van der Waals surface area contributed by atoms with Crippen LogP contribution >= 0.6 is 11.3 Å². The molecule has 2 N–H and O–H groups in total. The molecule has 1 aliphatic rings. The number of hydrogen-bond donors (Lipinski definition) is 2. The highest BCUT2D eigenvalue weighted by molar-refractivity contribution is 7.14. The Morgan fingerprint density at radius 1 is 1.18 bits per heavy atom. The topological polar surface area (TPSA) is 102 Å². The van der Waals surface area contributed by atoms with Gasteiger partial charge in [-0.2, -0.15) is 5.10 Å². The summed E-state index contributed by atoms with van der Waals surface area (Å²) in [6.45, 7) is 3.21. The fourth-order valence-corrected chi connectivity index (χ4v) is 4.56. The van der Waals surface area contributed by atoms with Crippen LogP contribution in [0.4, 0.5) is 15.2 Å². The Labute approximate surface area is 192 Å². The highest BCUT2D eigenvalue weighted by atomic mass is 32.1. The summed E-state index contributed by atoms with van der Waals surface area (Å²) in [5.41, 5.74) is 3.88. The van der Waals surface area contributed by atoms with Crippen LogP contribution in [-0.4, -0.2) is 31.6 Å². The summed E-state index contributed by atoms with van der Waals surface area (Å²) in [5, 5.41) is 12.6. The molecule has 0 spiro atoms. The molecule has 0 aliphatic heterocycles. The average molecular weight is 465 g/mol. The largest absolute Gasteiger partial charge is 0.326 e. The summed E-state index contributed by atoms with van der Waals surface area (Å²) >= 11 is 1.21. The molecule has 0 radical (unpaired) electrons. The van der Waals surface area contributed by atoms with Crippen molar-refractivity contribution < 1.29 is 14.0 Å². The molecule has 0 saturated heterocycles. The normalized spacial score (nSPS) is 13.3. The van der Waals surface area contributed by atoms with Gasteiger partial charge in [-0.25, -0.2) is 14.4 Å². The number of carbonyl (C=O) groups is 2. The van der Waals surface area contributed by atoms with Crippen LogP contribution in [0.5, 0.6) is 0 Å². The molecule has 2 amide bonds. The van der Waals surface area contributed by atoms with E-state index >= 15 is 0 Å². The third kappa shape index (κ3) is 4.09. The Bertz CT molecular complexity index is 1420. The standard InChI is InChI=1S/C23H21FN6O2S/c1-11-20-16(9-18(13-4-5-13)26-21(20)30(3)29-11)22(32)28-23-27-19(10-33-23)15-7-6-14(8-17(15)24)25-12(2)31/h6-10,13H,4-5H2,1-3H3,(H,25,31)(H,27,28,32). The van der Waals surface area contributed by atoms with Crippen molar-refractivity contribution in [1.82, 2.24) is 19.7 Å². The molecule has 1 aromatic carbocycles. The first kappa shape index (κ1) is 21.2. The van der Waals surface area contributed by atoms with Gasteiger partial charge in [-0.3, -0.25) is 19.6 Å². The average Bonchev–Trinajstić information content (AvgIpc) is 3.45. The smallest absolute Gasteiger partial charge is 0.258 e. The van der Waals surface area contributed by atoms with Gasteiger partial charge < -0.3 is 5.32 Å². The zero-order valence-corrected chi connectivity index (χ0v) is 19.1. The lowest BCUT2D eigenvalue weighted by Gasteiger charge is -2.07. The molecule has 10 heteroatoms. The van der Waals surface area contributed by atoms with E-state index in [2.05, 4.69) is 20.7 Å². The van der Waals surface area contributed by atoms with E-state index in [-0.39, 0.29) is 17.4 Å². The summed E-state index contributed by atoms with van der Waals surface area (Å²) in [6.07, 6.45) is 2.14. The molecule has 33 heavy (non-hydrogen) atoms. The molecule has 0 bridgehead atoms. The number of pyridine rings is 1. The number of anilines is 2. The molecule has 1 saturated carbocycles. The lowest BCUT2D eigenvalue weighted by Crippen LogP contribution is -2.13. The third-order valence-corrected chi connectivity index (χ3v) is 6.28. The number of aromatic nitrogens is 4. The van der Waals surface area contributed by atoms with Crippen molar-refractivity contribution in [3.8, 4) is 11.3 Å². The Morgan fingerprint density at radius 3 is 2.67 bits per heavy atom. The second kappa shape index (κ2) is 8.04. The van der Waals surface area contributed by atoms with Gasteiger partial charge in [0.05, 0.1) is 22.3 Å². The molecule has 168 valence electrons. The fraction of sp³-hybridized carbons (Fsp3) is 0.261. The number of hydrogen-bond acceptors (Lipinski definition) is 6. The fourth-order valence-electron chi connectivity index (χ4n) is 3.85. The predicted octanol–water partition coefficient (Wildman–Crippen LogP) is 4.63. The Morgan fingerprint density at radius 2 is 1.97 bits per heavy atom. The van der Waals surface area contributed by atoms with Gasteiger partial charge in [0.2, 0.25) is 5.91 Å². The SMILES string of the molecule is CC(=O)Nc1ccc(-c2csc(NC(=O)c3cc(C4CC4)nc4c3c(C)nn4C)n2)c(F)c1. The molecule has 1 aliphatic carbocycles. The van der Waals surface area contributed by atoms with Gasteiger partial charge in [0.15, 0.2) is 10.8 Å². The van der Waals surface area contributed by atoms with Crippen molar-refractivity contribution in [2.45, 2.75) is 32.6 Å². The number of nitrogens with zero attached hydrogens (tertiary/aromatic N) is 4. The van der Waals surface area contributed by atoms with E-state index in [0.29, 0.717) is 33.6 Å². The van der Waals surface area contributed by atoms with Crippen molar-refractivity contribution in [2.24, 2.45) is 7.05 Å². The maximum Gasteiger partial charge on any atom is 0.258 e. The number of halogens is 1. The molecular weight excluding hydrogens is 443 g/mol. The lowest BCUT2D eigenvalue weighted by molar-refractivity contribution is -0.114. The van der Waals surface area contributed by atoms with Crippen LogP contribution in [0.3, 0.4) is 0 Å². The van der Waals surface area contributed by atoms with Crippen LogP contribution in [0.25, 0.3) is 22.3 Å². The molecule has 0 unspecified atom stereocenters. The van der Waals surface area contributed by atoms with Crippen molar-refractivity contribution >= 4 is 45.0 Å². The zero-order valence-electron chi connectivity index (χ0n) is 18.3. The quantitative estimate of drug-likeness (QED) is 0.448. The van der Waals surface area contributed by atoms with Gasteiger partial charge in [0.1, 0.15) is 5.82 Å². The molecule has 3 aromatic heterocycles. The predicted molar refractivity (Wildman–Crippen MR) is 125 cm³/mol. The van der Waals surface area contributed by atoms with Gasteiger partial charge >= 0.3 is 0 Å². The van der Waals surface area contributed by atoms with Crippen molar-refractivity contribution in [3.05, 3.63) is 52.4 Å². The van der Waals surface area contributed by atoms with Crippen LogP contribution in [0.1, 0.15) is 47.4 Å². The van der Waals surface area contributed by atoms with E-state index in [1.54, 1.807) is 22.2 Å². The maximum atomic E-state index is 14.6. The van der Waals surface area contributed by atoms with E-state index in [1.165, 1.54) is 24.3 Å². The summed E-state index contributed by atoms with van der Waals surface area (Å²) in [7, 11) is 1.82. The van der Waals surface area contributed by atoms with Crippen molar-refractivity contribution in [2.75, 3.05) is 10.6 Å². The van der Waals surface area contributed by atoms with Crippen LogP contribution < -0.4 is 10.6 Å². The molecule has 3 heterocycles. The lowest BCUT2D eigenvalue weighted by atomic mass is 10.1. The Balaban J connectivity index is 1.43. The van der Waals surface area contributed by atoms with Gasteiger partial charge in [-0.15, -0.1) is 11.3 Å². The molecular formula is C23H21FN6O2S. The summed E-state index contributed by atoms with van der Waals surface area (Å²) < 4.78 is 16.3. The van der Waals surface area contributed by atoms with Crippen LogP contribution in [0.15, 0.2) is 29.6 Å². The van der Waals surface area contributed by atoms with Gasteiger partial charge in [0.25, 0.3) is 5.91 Å². The second-order valence-corrected chi connectivity index (χ2v) is 9.00. The van der Waals surface area contributed by atoms with Crippen LogP contribution in [0, 0.1) is 12.7 Å². The minimum atomic E-state index is -0.514. The molecule has 4 aromatic rings. The number of rotatable bonds is 5. The van der Waals surface area contributed by atoms with Crippen LogP contribution in [0.2, 0.25) is 0 Å². The number of fused-ring (bicyclic) bond motifs is 1. The second-order valence-electron chi connectivity index (χ2n) is 8.14. The van der Waals surface area contributed by atoms with Gasteiger partial charge in [-0.1, -0.05) is 0 Å². The number of benzene rings is 1. The first-order valence-corrected chi connectivity index (χ1v) is 11.4. The maximum absolute atomic E-state index is 14.6. The summed E-state index contributed by atoms with van der Waals surface area (Å²) in [5.74, 6) is -0.714. The van der Waals surface area contributed by atoms with Crippen molar-refractivity contribution in [3.63, 3.8) is 0 Å². The number of aryl methyl sites for hydroxylation is 2. The molecule has 1 fully saturated rings. The van der Waals surface area contributed by atoms with E-state index < -0.39 is 5.82 Å². The first-order valence-electron chi connectivity index (χ1n) is 10.5. The highest BCUT2D eigenvalue weighted by Crippen LogP contribution is 2.40. The minimum Gasteiger partial charge on any atom is -0.326 e. The van der Waals surface area contributed by atoms with E-state index in [9.17, 15) is 14.0 Å². The highest BCUT2D eigenvalue weighted by Gasteiger charge is 2.28. The molecule has 5 rings (SSSR count). The van der Waals surface area contributed by atoms with Crippen LogP contribution in [-0.2, 0) is 11.8 Å². The number of thiazole rings is 1. The zero-order chi connectivity index (χ0) is 23.3. The number of carbonyl (C=O) groups excluding carboxylic acids is 2. The van der Waals surface area contributed by atoms with Gasteiger partial charge in [-0.05, 0) is 44.0 Å². The third-order valence-electron chi connectivity index (χ3n) is 5.52. The van der Waals surface area contributed by atoms with E-state index in [4.69, 9.17) is 4.98 Å². The molecule has 0 atom stereocenters. The summed E-state index contributed by atoms with van der Waals surface area (Å²) in [4.78, 5) is 33.5. The number of amides is 2.